The van der Waals surface area contributed by atoms with Gasteiger partial charge in [0.1, 0.15) is 0 Å². The Morgan fingerprint density at radius 2 is 1.94 bits per heavy atom. The van der Waals surface area contributed by atoms with Gasteiger partial charge in [-0.3, -0.25) is 4.79 Å². The predicted molar refractivity (Wildman–Crippen MR) is 71.4 cm³/mol. The van der Waals surface area contributed by atoms with Gasteiger partial charge in [-0.05, 0) is 44.7 Å². The molecular formula is C15H20N2O. The van der Waals surface area contributed by atoms with Gasteiger partial charge in [0.15, 0.2) is 0 Å². The largest absolute Gasteiger partial charge is 0.333 e. The van der Waals surface area contributed by atoms with Crippen molar-refractivity contribution in [1.82, 2.24) is 4.90 Å². The van der Waals surface area contributed by atoms with E-state index < -0.39 is 0 Å². The summed E-state index contributed by atoms with van der Waals surface area (Å²) in [7, 11) is 0. The average molecular weight is 244 g/mol. The summed E-state index contributed by atoms with van der Waals surface area (Å²) >= 11 is 0. The molecule has 0 aliphatic carbocycles. The molecule has 2 aliphatic heterocycles. The van der Waals surface area contributed by atoms with Crippen molar-refractivity contribution in [2.45, 2.75) is 50.7 Å². The molecule has 1 aromatic rings. The van der Waals surface area contributed by atoms with E-state index in [1.54, 1.807) is 0 Å². The number of nitrogens with zero attached hydrogens (tertiary/aromatic N) is 1. The van der Waals surface area contributed by atoms with Gasteiger partial charge >= 0.3 is 0 Å². The lowest BCUT2D eigenvalue weighted by molar-refractivity contribution is 0.0575. The van der Waals surface area contributed by atoms with Crippen LogP contribution in [0.5, 0.6) is 0 Å². The first-order valence-corrected chi connectivity index (χ1v) is 6.80. The SMILES string of the molecule is Cc1cccc(C(=O)N2C3CCC2CC(N)C3)c1. The fraction of sp³-hybridized carbons (Fsp3) is 0.533. The third kappa shape index (κ3) is 1.93. The molecule has 0 radical (unpaired) electrons. The molecule has 0 aromatic heterocycles. The van der Waals surface area contributed by atoms with Gasteiger partial charge in [-0.1, -0.05) is 17.7 Å². The number of piperidine rings is 1. The van der Waals surface area contributed by atoms with Gasteiger partial charge in [0.25, 0.3) is 5.91 Å². The summed E-state index contributed by atoms with van der Waals surface area (Å²) in [5, 5.41) is 0. The highest BCUT2D eigenvalue weighted by Gasteiger charge is 2.42. The Kier molecular flexibility index (Phi) is 2.86. The molecule has 1 amide bonds. The normalized spacial score (nSPS) is 30.6. The van der Waals surface area contributed by atoms with E-state index in [1.165, 1.54) is 0 Å². The van der Waals surface area contributed by atoms with E-state index in [0.717, 1.165) is 36.8 Å². The first kappa shape index (κ1) is 11.7. The van der Waals surface area contributed by atoms with Crippen LogP contribution in [0.15, 0.2) is 24.3 Å². The highest BCUT2D eigenvalue weighted by molar-refractivity contribution is 5.95. The maximum Gasteiger partial charge on any atom is 0.254 e. The lowest BCUT2D eigenvalue weighted by atomic mass is 9.97. The zero-order valence-corrected chi connectivity index (χ0v) is 10.8. The Balaban J connectivity index is 1.85. The third-order valence-corrected chi connectivity index (χ3v) is 4.27. The van der Waals surface area contributed by atoms with E-state index in [1.807, 2.05) is 31.2 Å². The Labute approximate surface area is 108 Å². The van der Waals surface area contributed by atoms with Crippen molar-refractivity contribution in [3.63, 3.8) is 0 Å². The molecular weight excluding hydrogens is 224 g/mol. The molecule has 96 valence electrons. The van der Waals surface area contributed by atoms with Crippen molar-refractivity contribution in [1.29, 1.82) is 0 Å². The highest BCUT2D eigenvalue weighted by Crippen LogP contribution is 2.36. The smallest absolute Gasteiger partial charge is 0.254 e. The lowest BCUT2D eigenvalue weighted by Gasteiger charge is -2.37. The molecule has 3 nitrogen and oxygen atoms in total. The molecule has 3 rings (SSSR count). The number of fused-ring (bicyclic) bond motifs is 2. The minimum atomic E-state index is 0.193. The van der Waals surface area contributed by atoms with Gasteiger partial charge in [0, 0.05) is 23.7 Å². The van der Waals surface area contributed by atoms with Crippen molar-refractivity contribution in [2.24, 2.45) is 5.73 Å². The molecule has 18 heavy (non-hydrogen) atoms. The number of hydrogen-bond donors (Lipinski definition) is 1. The first-order valence-electron chi connectivity index (χ1n) is 6.80. The van der Waals surface area contributed by atoms with Crippen LogP contribution >= 0.6 is 0 Å². The molecule has 2 heterocycles. The summed E-state index contributed by atoms with van der Waals surface area (Å²) < 4.78 is 0. The van der Waals surface area contributed by atoms with E-state index in [-0.39, 0.29) is 11.9 Å². The molecule has 2 saturated heterocycles. The lowest BCUT2D eigenvalue weighted by Crippen LogP contribution is -2.50. The molecule has 3 heteroatoms. The van der Waals surface area contributed by atoms with Crippen LogP contribution in [0.4, 0.5) is 0 Å². The quantitative estimate of drug-likeness (QED) is 0.822. The molecule has 2 fully saturated rings. The van der Waals surface area contributed by atoms with Gasteiger partial charge in [-0.25, -0.2) is 0 Å². The first-order chi connectivity index (χ1) is 8.65. The van der Waals surface area contributed by atoms with E-state index >= 15 is 0 Å². The maximum atomic E-state index is 12.6. The molecule has 2 unspecified atom stereocenters. The number of amides is 1. The zero-order valence-electron chi connectivity index (χ0n) is 10.8. The maximum absolute atomic E-state index is 12.6. The molecule has 1 aromatic carbocycles. The molecule has 0 saturated carbocycles. The van der Waals surface area contributed by atoms with Crippen LogP contribution in [-0.4, -0.2) is 28.9 Å². The average Bonchev–Trinajstić information content (AvgIpc) is 2.61. The summed E-state index contributed by atoms with van der Waals surface area (Å²) in [6.45, 7) is 2.03. The van der Waals surface area contributed by atoms with E-state index in [4.69, 9.17) is 5.73 Å². The Morgan fingerprint density at radius 1 is 1.28 bits per heavy atom. The molecule has 2 atom stereocenters. The van der Waals surface area contributed by atoms with Crippen LogP contribution in [0.25, 0.3) is 0 Å². The second-order valence-electron chi connectivity index (χ2n) is 5.70. The van der Waals surface area contributed by atoms with Crippen molar-refractivity contribution >= 4 is 5.91 Å². The van der Waals surface area contributed by atoms with E-state index in [0.29, 0.717) is 12.1 Å². The van der Waals surface area contributed by atoms with Gasteiger partial charge < -0.3 is 10.6 Å². The molecule has 2 N–H and O–H groups in total. The summed E-state index contributed by atoms with van der Waals surface area (Å²) in [5.74, 6) is 0.193. The Bertz CT molecular complexity index is 457. The van der Waals surface area contributed by atoms with Gasteiger partial charge in [-0.2, -0.15) is 0 Å². The summed E-state index contributed by atoms with van der Waals surface area (Å²) in [6, 6.07) is 8.90. The van der Waals surface area contributed by atoms with Gasteiger partial charge in [0.05, 0.1) is 0 Å². The van der Waals surface area contributed by atoms with Crippen molar-refractivity contribution in [3.05, 3.63) is 35.4 Å². The number of hydrogen-bond acceptors (Lipinski definition) is 2. The fourth-order valence-electron chi connectivity index (χ4n) is 3.48. The zero-order chi connectivity index (χ0) is 12.7. The second kappa shape index (κ2) is 4.39. The second-order valence-corrected chi connectivity index (χ2v) is 5.70. The van der Waals surface area contributed by atoms with Crippen molar-refractivity contribution in [3.8, 4) is 0 Å². The third-order valence-electron chi connectivity index (χ3n) is 4.27. The van der Waals surface area contributed by atoms with Crippen LogP contribution in [-0.2, 0) is 0 Å². The van der Waals surface area contributed by atoms with Gasteiger partial charge in [0.2, 0.25) is 0 Å². The van der Waals surface area contributed by atoms with Crippen molar-refractivity contribution < 1.29 is 4.79 Å². The van der Waals surface area contributed by atoms with Crippen LogP contribution < -0.4 is 5.73 Å². The highest BCUT2D eigenvalue weighted by atomic mass is 16.2. The number of carbonyl (C=O) groups excluding carboxylic acids is 1. The molecule has 0 spiro atoms. The standard InChI is InChI=1S/C15H20N2O/c1-10-3-2-4-11(7-10)15(18)17-13-5-6-14(17)9-12(16)8-13/h2-4,7,12-14H,5-6,8-9,16H2,1H3. The van der Waals surface area contributed by atoms with E-state index in [2.05, 4.69) is 4.90 Å². The number of carbonyl (C=O) groups is 1. The van der Waals surface area contributed by atoms with Crippen LogP contribution in [0, 0.1) is 6.92 Å². The van der Waals surface area contributed by atoms with Crippen molar-refractivity contribution in [2.75, 3.05) is 0 Å². The summed E-state index contributed by atoms with van der Waals surface area (Å²) in [5.41, 5.74) is 8.01. The number of rotatable bonds is 1. The van der Waals surface area contributed by atoms with Crippen LogP contribution in [0.3, 0.4) is 0 Å². The van der Waals surface area contributed by atoms with Gasteiger partial charge in [-0.15, -0.1) is 0 Å². The molecule has 2 bridgehead atoms. The Morgan fingerprint density at radius 3 is 2.56 bits per heavy atom. The minimum Gasteiger partial charge on any atom is -0.333 e. The summed E-state index contributed by atoms with van der Waals surface area (Å²) in [6.07, 6.45) is 4.17. The van der Waals surface area contributed by atoms with Crippen LogP contribution in [0.1, 0.15) is 41.6 Å². The number of benzene rings is 1. The van der Waals surface area contributed by atoms with E-state index in [9.17, 15) is 4.79 Å². The fourth-order valence-corrected chi connectivity index (χ4v) is 3.48. The Hall–Kier alpha value is -1.35. The molecule has 2 aliphatic rings. The predicted octanol–water partition coefficient (Wildman–Crippen LogP) is 2.09. The topological polar surface area (TPSA) is 46.3 Å². The van der Waals surface area contributed by atoms with Crippen LogP contribution in [0.2, 0.25) is 0 Å². The summed E-state index contributed by atoms with van der Waals surface area (Å²) in [4.78, 5) is 14.7. The monoisotopic (exact) mass is 244 g/mol. The number of aryl methyl sites for hydroxylation is 1. The number of nitrogens with two attached hydrogens (primary N) is 1. The minimum absolute atomic E-state index is 0.193.